The highest BCUT2D eigenvalue weighted by Crippen LogP contribution is 2.31. The van der Waals surface area contributed by atoms with Gasteiger partial charge in [-0.05, 0) is 18.9 Å². The lowest BCUT2D eigenvalue weighted by Crippen LogP contribution is -2.38. The third kappa shape index (κ3) is 2.94. The number of thiazole rings is 1. The summed E-state index contributed by atoms with van der Waals surface area (Å²) in [6, 6.07) is 1.84. The molecule has 2 amide bonds. The summed E-state index contributed by atoms with van der Waals surface area (Å²) in [5.41, 5.74) is 0.353. The van der Waals surface area contributed by atoms with Gasteiger partial charge in [0, 0.05) is 29.2 Å². The highest BCUT2D eigenvalue weighted by atomic mass is 32.1. The first kappa shape index (κ1) is 15.5. The number of amides is 2. The maximum Gasteiger partial charge on any atom is 0.316 e. The van der Waals surface area contributed by atoms with Gasteiger partial charge in [0.15, 0.2) is 5.13 Å². The summed E-state index contributed by atoms with van der Waals surface area (Å²) in [5.74, 6) is -3.22. The van der Waals surface area contributed by atoms with Crippen LogP contribution in [-0.2, 0) is 22.4 Å². The Morgan fingerprint density at radius 3 is 2.87 bits per heavy atom. The number of rotatable bonds is 2. The number of carbonyl (C=O) groups excluding carboxylic acids is 2. The number of carbonyl (C=O) groups is 2. The quantitative estimate of drug-likeness (QED) is 0.857. The summed E-state index contributed by atoms with van der Waals surface area (Å²) in [5, 5.41) is 2.75. The zero-order valence-electron chi connectivity index (χ0n) is 12.2. The van der Waals surface area contributed by atoms with Crippen molar-refractivity contribution >= 4 is 34.0 Å². The fourth-order valence-corrected chi connectivity index (χ4v) is 3.18. The van der Waals surface area contributed by atoms with Crippen molar-refractivity contribution in [3.05, 3.63) is 40.4 Å². The van der Waals surface area contributed by atoms with Crippen molar-refractivity contribution in [1.82, 2.24) is 4.98 Å². The summed E-state index contributed by atoms with van der Waals surface area (Å²) in [7, 11) is 0. The molecule has 0 atom stereocenters. The van der Waals surface area contributed by atoms with Crippen molar-refractivity contribution in [2.24, 2.45) is 0 Å². The second-order valence-corrected chi connectivity index (χ2v) is 6.15. The summed E-state index contributed by atoms with van der Waals surface area (Å²) >= 11 is 1.28. The molecule has 23 heavy (non-hydrogen) atoms. The van der Waals surface area contributed by atoms with E-state index in [9.17, 15) is 18.4 Å². The lowest BCUT2D eigenvalue weighted by atomic mass is 10.1. The van der Waals surface area contributed by atoms with Crippen LogP contribution >= 0.6 is 11.3 Å². The molecule has 120 valence electrons. The summed E-state index contributed by atoms with van der Waals surface area (Å²) < 4.78 is 27.1. The predicted octanol–water partition coefficient (Wildman–Crippen LogP) is 2.51. The Kier molecular flexibility index (Phi) is 4.08. The summed E-state index contributed by atoms with van der Waals surface area (Å²) in [6.07, 6.45) is 2.65. The Balaban J connectivity index is 1.78. The molecule has 0 bridgehead atoms. The van der Waals surface area contributed by atoms with Crippen LogP contribution in [0.5, 0.6) is 0 Å². The van der Waals surface area contributed by atoms with Crippen LogP contribution < -0.4 is 10.2 Å². The van der Waals surface area contributed by atoms with Gasteiger partial charge < -0.3 is 4.90 Å². The van der Waals surface area contributed by atoms with E-state index in [2.05, 4.69) is 10.3 Å². The molecule has 1 aliphatic rings. The van der Waals surface area contributed by atoms with Crippen LogP contribution in [0.1, 0.15) is 17.4 Å². The molecule has 5 nitrogen and oxygen atoms in total. The molecule has 3 rings (SSSR count). The van der Waals surface area contributed by atoms with E-state index in [-0.39, 0.29) is 24.2 Å². The first-order valence-corrected chi connectivity index (χ1v) is 7.86. The van der Waals surface area contributed by atoms with E-state index in [1.54, 1.807) is 6.20 Å². The minimum absolute atomic E-state index is 0.107. The van der Waals surface area contributed by atoms with Crippen LogP contribution in [0.4, 0.5) is 19.6 Å². The molecule has 0 radical (unpaired) electrons. The van der Waals surface area contributed by atoms with Gasteiger partial charge in [-0.15, -0.1) is 11.3 Å². The van der Waals surface area contributed by atoms with Crippen molar-refractivity contribution < 1.29 is 18.4 Å². The van der Waals surface area contributed by atoms with Gasteiger partial charge in [-0.3, -0.25) is 14.9 Å². The summed E-state index contributed by atoms with van der Waals surface area (Å²) in [4.78, 5) is 30.4. The van der Waals surface area contributed by atoms with Crippen molar-refractivity contribution in [1.29, 1.82) is 0 Å². The summed E-state index contributed by atoms with van der Waals surface area (Å²) in [6.45, 7) is 2.09. The predicted molar refractivity (Wildman–Crippen MR) is 82.5 cm³/mol. The van der Waals surface area contributed by atoms with Crippen LogP contribution in [0.15, 0.2) is 18.3 Å². The minimum Gasteiger partial charge on any atom is -0.303 e. The fraction of sp³-hybridized carbons (Fsp3) is 0.267. The van der Waals surface area contributed by atoms with Gasteiger partial charge in [-0.1, -0.05) is 6.92 Å². The van der Waals surface area contributed by atoms with Crippen LogP contribution in [0.2, 0.25) is 0 Å². The first-order chi connectivity index (χ1) is 11.0. The average molecular weight is 337 g/mol. The number of hydrogen-bond acceptors (Lipinski definition) is 4. The SMILES string of the molecule is CCc1cnc(NC(=O)C(=O)N2CCc3c(F)cc(F)cc32)s1. The molecular formula is C15H13F2N3O2S. The van der Waals surface area contributed by atoms with Crippen LogP contribution in [0.3, 0.4) is 0 Å². The molecule has 1 aromatic heterocycles. The molecule has 8 heteroatoms. The normalized spacial score (nSPS) is 13.1. The number of nitrogens with zero attached hydrogens (tertiary/aromatic N) is 2. The molecule has 2 heterocycles. The Labute approximate surface area is 134 Å². The maximum absolute atomic E-state index is 13.7. The van der Waals surface area contributed by atoms with Gasteiger partial charge in [0.1, 0.15) is 11.6 Å². The number of aromatic nitrogens is 1. The topological polar surface area (TPSA) is 62.3 Å². The molecule has 0 aliphatic carbocycles. The van der Waals surface area contributed by atoms with E-state index in [1.165, 1.54) is 11.3 Å². The van der Waals surface area contributed by atoms with E-state index in [0.717, 1.165) is 28.3 Å². The molecule has 0 unspecified atom stereocenters. The second-order valence-electron chi connectivity index (χ2n) is 5.03. The third-order valence-corrected chi connectivity index (χ3v) is 4.63. The minimum atomic E-state index is -0.875. The van der Waals surface area contributed by atoms with Crippen LogP contribution in [-0.4, -0.2) is 23.3 Å². The van der Waals surface area contributed by atoms with Crippen LogP contribution in [0.25, 0.3) is 0 Å². The van der Waals surface area contributed by atoms with Gasteiger partial charge >= 0.3 is 11.8 Å². The van der Waals surface area contributed by atoms with Crippen molar-refractivity contribution in [2.75, 3.05) is 16.8 Å². The highest BCUT2D eigenvalue weighted by Gasteiger charge is 2.31. The Bertz CT molecular complexity index is 791. The average Bonchev–Trinajstić information content (AvgIpc) is 3.13. The first-order valence-electron chi connectivity index (χ1n) is 7.05. The third-order valence-electron chi connectivity index (χ3n) is 3.57. The molecule has 1 N–H and O–H groups in total. The Morgan fingerprint density at radius 2 is 2.17 bits per heavy atom. The largest absolute Gasteiger partial charge is 0.316 e. The van der Waals surface area contributed by atoms with Crippen molar-refractivity contribution in [3.63, 3.8) is 0 Å². The van der Waals surface area contributed by atoms with Crippen molar-refractivity contribution in [2.45, 2.75) is 19.8 Å². The standard InChI is InChI=1S/C15H13F2N3O2S/c1-2-9-7-18-15(23-9)19-13(21)14(22)20-4-3-10-11(17)5-8(16)6-12(10)20/h5-7H,2-4H2,1H3,(H,18,19,21). The molecule has 1 aromatic carbocycles. The number of benzene rings is 1. The zero-order chi connectivity index (χ0) is 16.6. The Morgan fingerprint density at radius 1 is 1.39 bits per heavy atom. The number of halogens is 2. The monoisotopic (exact) mass is 337 g/mol. The molecule has 2 aromatic rings. The highest BCUT2D eigenvalue weighted by molar-refractivity contribution is 7.15. The molecule has 0 fully saturated rings. The Hall–Kier alpha value is -2.35. The van der Waals surface area contributed by atoms with E-state index >= 15 is 0 Å². The van der Waals surface area contributed by atoms with Crippen LogP contribution in [0, 0.1) is 11.6 Å². The molecule has 0 saturated carbocycles. The van der Waals surface area contributed by atoms with Gasteiger partial charge in [0.05, 0.1) is 5.69 Å². The number of hydrogen-bond donors (Lipinski definition) is 1. The maximum atomic E-state index is 13.7. The number of nitrogens with one attached hydrogen (secondary N) is 1. The number of fused-ring (bicyclic) bond motifs is 1. The lowest BCUT2D eigenvalue weighted by Gasteiger charge is -2.16. The molecule has 0 saturated heterocycles. The lowest BCUT2D eigenvalue weighted by molar-refractivity contribution is -0.134. The fourth-order valence-electron chi connectivity index (χ4n) is 2.44. The molecule has 0 spiro atoms. The number of aryl methyl sites for hydroxylation is 1. The zero-order valence-corrected chi connectivity index (χ0v) is 13.0. The van der Waals surface area contributed by atoms with E-state index < -0.39 is 23.4 Å². The van der Waals surface area contributed by atoms with Gasteiger partial charge in [0.2, 0.25) is 0 Å². The molecule has 1 aliphatic heterocycles. The van der Waals surface area contributed by atoms with E-state index in [4.69, 9.17) is 0 Å². The van der Waals surface area contributed by atoms with E-state index in [1.807, 2.05) is 6.92 Å². The smallest absolute Gasteiger partial charge is 0.303 e. The second kappa shape index (κ2) is 6.04. The van der Waals surface area contributed by atoms with Gasteiger partial charge in [0.25, 0.3) is 0 Å². The molecular weight excluding hydrogens is 324 g/mol. The number of anilines is 2. The van der Waals surface area contributed by atoms with E-state index in [0.29, 0.717) is 5.13 Å². The van der Waals surface area contributed by atoms with Crippen molar-refractivity contribution in [3.8, 4) is 0 Å². The van der Waals surface area contributed by atoms with Gasteiger partial charge in [-0.2, -0.15) is 0 Å². The van der Waals surface area contributed by atoms with Gasteiger partial charge in [-0.25, -0.2) is 13.8 Å².